The van der Waals surface area contributed by atoms with Crippen molar-refractivity contribution in [2.45, 2.75) is 52.2 Å². The minimum Gasteiger partial charge on any atom is -0.490 e. The molecule has 0 aliphatic rings. The average Bonchev–Trinajstić information content (AvgIpc) is 3.09. The van der Waals surface area contributed by atoms with Gasteiger partial charge < -0.3 is 19.7 Å². The lowest BCUT2D eigenvalue weighted by atomic mass is 10.1. The summed E-state index contributed by atoms with van der Waals surface area (Å²) in [6.45, 7) is 7.01. The predicted octanol–water partition coefficient (Wildman–Crippen LogP) is 3.93. The van der Waals surface area contributed by atoms with Crippen molar-refractivity contribution < 1.29 is 14.4 Å². The number of benzene rings is 1. The number of ether oxygens (including phenoxy) is 1. The molecule has 1 heterocycles. The standard InChI is InChI=1S/C21H30N2O3/c1-4-5-9-18-13-20(26-23-18)12-11-17-8-6-7-10-21(17)25-15-19(24)14-22-16(2)3/h6-8,10-13,16,19,22,24H,4-5,9,14-15H2,1-3H3/b12-11-. The summed E-state index contributed by atoms with van der Waals surface area (Å²) in [7, 11) is 0. The number of unbranched alkanes of at least 4 members (excludes halogenated alkanes) is 1. The van der Waals surface area contributed by atoms with Crippen molar-refractivity contribution in [2.24, 2.45) is 0 Å². The lowest BCUT2D eigenvalue weighted by Crippen LogP contribution is -2.35. The zero-order valence-electron chi connectivity index (χ0n) is 15.9. The van der Waals surface area contributed by atoms with Crippen LogP contribution in [0.25, 0.3) is 12.2 Å². The Labute approximate surface area is 156 Å². The molecule has 0 saturated heterocycles. The van der Waals surface area contributed by atoms with E-state index in [-0.39, 0.29) is 6.61 Å². The summed E-state index contributed by atoms with van der Waals surface area (Å²) in [5.41, 5.74) is 1.92. The molecule has 1 atom stereocenters. The van der Waals surface area contributed by atoms with Crippen LogP contribution >= 0.6 is 0 Å². The van der Waals surface area contributed by atoms with Crippen LogP contribution in [-0.2, 0) is 6.42 Å². The highest BCUT2D eigenvalue weighted by molar-refractivity contribution is 5.70. The highest BCUT2D eigenvalue weighted by atomic mass is 16.5. The van der Waals surface area contributed by atoms with E-state index in [1.165, 1.54) is 0 Å². The van der Waals surface area contributed by atoms with Gasteiger partial charge in [0, 0.05) is 24.2 Å². The van der Waals surface area contributed by atoms with Gasteiger partial charge >= 0.3 is 0 Å². The van der Waals surface area contributed by atoms with Crippen molar-refractivity contribution >= 4 is 12.2 Å². The van der Waals surface area contributed by atoms with Crippen LogP contribution in [0.1, 0.15) is 50.6 Å². The molecule has 26 heavy (non-hydrogen) atoms. The highest BCUT2D eigenvalue weighted by Crippen LogP contribution is 2.21. The lowest BCUT2D eigenvalue weighted by molar-refractivity contribution is 0.104. The molecule has 0 aliphatic carbocycles. The second-order valence-electron chi connectivity index (χ2n) is 6.72. The number of aromatic nitrogens is 1. The van der Waals surface area contributed by atoms with Crippen molar-refractivity contribution in [1.29, 1.82) is 0 Å². The first-order chi connectivity index (χ1) is 12.6. The number of aryl methyl sites for hydroxylation is 1. The number of nitrogens with one attached hydrogen (secondary N) is 1. The van der Waals surface area contributed by atoms with Gasteiger partial charge in [0.15, 0.2) is 5.76 Å². The third kappa shape index (κ3) is 7.02. The molecule has 0 fully saturated rings. The molecule has 2 N–H and O–H groups in total. The second kappa shape index (κ2) is 10.8. The maximum atomic E-state index is 10.0. The molecule has 0 saturated carbocycles. The van der Waals surface area contributed by atoms with Crippen molar-refractivity contribution in [1.82, 2.24) is 10.5 Å². The third-order valence-corrected chi connectivity index (χ3v) is 3.90. The smallest absolute Gasteiger partial charge is 0.159 e. The van der Waals surface area contributed by atoms with Crippen LogP contribution in [0.3, 0.4) is 0 Å². The summed E-state index contributed by atoms with van der Waals surface area (Å²) in [5, 5.41) is 17.3. The van der Waals surface area contributed by atoms with Gasteiger partial charge in [-0.1, -0.05) is 50.5 Å². The van der Waals surface area contributed by atoms with Gasteiger partial charge in [0.2, 0.25) is 0 Å². The maximum Gasteiger partial charge on any atom is 0.159 e. The number of nitrogens with zero attached hydrogens (tertiary/aromatic N) is 1. The number of para-hydroxylation sites is 1. The first-order valence-electron chi connectivity index (χ1n) is 9.35. The molecule has 0 aliphatic heterocycles. The molecule has 1 aromatic carbocycles. The Morgan fingerprint density at radius 1 is 1.27 bits per heavy atom. The summed E-state index contributed by atoms with van der Waals surface area (Å²) < 4.78 is 11.1. The van der Waals surface area contributed by atoms with E-state index < -0.39 is 6.10 Å². The molecule has 0 amide bonds. The van der Waals surface area contributed by atoms with Crippen molar-refractivity contribution in [3.63, 3.8) is 0 Å². The summed E-state index contributed by atoms with van der Waals surface area (Å²) in [5.74, 6) is 1.46. The second-order valence-corrected chi connectivity index (χ2v) is 6.72. The van der Waals surface area contributed by atoms with Gasteiger partial charge in [-0.15, -0.1) is 0 Å². The van der Waals surface area contributed by atoms with Gasteiger partial charge in [-0.3, -0.25) is 0 Å². The van der Waals surface area contributed by atoms with Gasteiger partial charge in [0.05, 0.1) is 5.69 Å². The van der Waals surface area contributed by atoms with E-state index in [1.807, 2.05) is 56.3 Å². The van der Waals surface area contributed by atoms with Crippen LogP contribution < -0.4 is 10.1 Å². The molecule has 5 nitrogen and oxygen atoms in total. The molecule has 0 radical (unpaired) electrons. The number of aliphatic hydroxyl groups is 1. The molecular weight excluding hydrogens is 328 g/mol. The summed E-state index contributed by atoms with van der Waals surface area (Å²) in [4.78, 5) is 0. The fourth-order valence-corrected chi connectivity index (χ4v) is 2.42. The van der Waals surface area contributed by atoms with Gasteiger partial charge in [-0.25, -0.2) is 0 Å². The molecule has 5 heteroatoms. The lowest BCUT2D eigenvalue weighted by Gasteiger charge is -2.16. The Hall–Kier alpha value is -2.11. The molecule has 0 spiro atoms. The quantitative estimate of drug-likeness (QED) is 0.637. The summed E-state index contributed by atoms with van der Waals surface area (Å²) >= 11 is 0. The first-order valence-corrected chi connectivity index (χ1v) is 9.35. The van der Waals surface area contributed by atoms with E-state index >= 15 is 0 Å². The van der Waals surface area contributed by atoms with E-state index in [9.17, 15) is 5.11 Å². The van der Waals surface area contributed by atoms with E-state index in [4.69, 9.17) is 9.26 Å². The predicted molar refractivity (Wildman–Crippen MR) is 105 cm³/mol. The van der Waals surface area contributed by atoms with Crippen LogP contribution in [0.5, 0.6) is 5.75 Å². The zero-order chi connectivity index (χ0) is 18.8. The van der Waals surface area contributed by atoms with Crippen LogP contribution in [0.15, 0.2) is 34.9 Å². The van der Waals surface area contributed by atoms with Gasteiger partial charge in [0.25, 0.3) is 0 Å². The molecule has 0 bridgehead atoms. The topological polar surface area (TPSA) is 67.5 Å². The maximum absolute atomic E-state index is 10.0. The zero-order valence-corrected chi connectivity index (χ0v) is 15.9. The highest BCUT2D eigenvalue weighted by Gasteiger charge is 2.08. The average molecular weight is 358 g/mol. The molecular formula is C21H30N2O3. The number of hydrogen-bond acceptors (Lipinski definition) is 5. The van der Waals surface area contributed by atoms with E-state index in [0.29, 0.717) is 12.6 Å². The largest absolute Gasteiger partial charge is 0.490 e. The van der Waals surface area contributed by atoms with Crippen molar-refractivity contribution in [2.75, 3.05) is 13.2 Å². The Morgan fingerprint density at radius 2 is 2.08 bits per heavy atom. The summed E-state index contributed by atoms with van der Waals surface area (Å²) in [6.07, 6.45) is 6.47. The minimum atomic E-state index is -0.551. The fourth-order valence-electron chi connectivity index (χ4n) is 2.42. The van der Waals surface area contributed by atoms with Gasteiger partial charge in [-0.05, 0) is 31.1 Å². The number of rotatable bonds is 11. The minimum absolute atomic E-state index is 0.244. The van der Waals surface area contributed by atoms with E-state index in [1.54, 1.807) is 0 Å². The number of hydrogen-bond donors (Lipinski definition) is 2. The van der Waals surface area contributed by atoms with Crippen molar-refractivity contribution in [3.8, 4) is 5.75 Å². The number of aliphatic hydroxyl groups excluding tert-OH is 1. The van der Waals surface area contributed by atoms with Gasteiger partial charge in [0.1, 0.15) is 18.5 Å². The molecule has 142 valence electrons. The Morgan fingerprint density at radius 3 is 2.85 bits per heavy atom. The van der Waals surface area contributed by atoms with Crippen molar-refractivity contribution in [3.05, 3.63) is 47.3 Å². The van der Waals surface area contributed by atoms with E-state index in [0.717, 1.165) is 42.0 Å². The van der Waals surface area contributed by atoms with Gasteiger partial charge in [-0.2, -0.15) is 0 Å². The Bertz CT molecular complexity index is 679. The van der Waals surface area contributed by atoms with Crippen LogP contribution in [0.2, 0.25) is 0 Å². The molecule has 1 aromatic heterocycles. The van der Waals surface area contributed by atoms with Crippen LogP contribution in [-0.4, -0.2) is 35.6 Å². The SMILES string of the molecule is CCCCc1cc(/C=C\c2ccccc2OCC(O)CNC(C)C)on1. The third-order valence-electron chi connectivity index (χ3n) is 3.90. The molecule has 2 aromatic rings. The van der Waals surface area contributed by atoms with E-state index in [2.05, 4.69) is 17.4 Å². The van der Waals surface area contributed by atoms with Crippen LogP contribution in [0, 0.1) is 0 Å². The first kappa shape index (κ1) is 20.2. The Balaban J connectivity index is 1.94. The normalized spacial score (nSPS) is 12.8. The summed E-state index contributed by atoms with van der Waals surface area (Å²) in [6, 6.07) is 10.0. The Kier molecular flexibility index (Phi) is 8.38. The fraction of sp³-hybridized carbons (Fsp3) is 0.476. The molecule has 1 unspecified atom stereocenters. The molecule has 2 rings (SSSR count). The monoisotopic (exact) mass is 358 g/mol. The van der Waals surface area contributed by atoms with Crippen LogP contribution in [0.4, 0.5) is 0 Å².